The maximum atomic E-state index is 12.5. The van der Waals surface area contributed by atoms with Gasteiger partial charge < -0.3 is 5.32 Å². The van der Waals surface area contributed by atoms with Gasteiger partial charge in [-0.2, -0.15) is 0 Å². The van der Waals surface area contributed by atoms with E-state index in [1.54, 1.807) is 0 Å². The molecule has 0 radical (unpaired) electrons. The number of imide groups is 1. The fraction of sp³-hybridized carbons (Fsp3) is 0.500. The summed E-state index contributed by atoms with van der Waals surface area (Å²) in [4.78, 5) is 38.6. The first-order valence-corrected chi connectivity index (χ1v) is 9.67. The molecule has 1 aromatic rings. The van der Waals surface area contributed by atoms with Gasteiger partial charge in [-0.05, 0) is 62.8 Å². The minimum atomic E-state index is -0.234. The van der Waals surface area contributed by atoms with Crippen molar-refractivity contribution in [1.29, 1.82) is 0 Å². The minimum Gasteiger partial charge on any atom is -0.350 e. The number of amides is 3. The maximum absolute atomic E-state index is 12.5. The molecule has 1 N–H and O–H groups in total. The molecule has 3 amide bonds. The first-order valence-electron chi connectivity index (χ1n) is 9.67. The van der Waals surface area contributed by atoms with Crippen LogP contribution in [0.3, 0.4) is 0 Å². The number of allylic oxidation sites excluding steroid dienone is 2. The summed E-state index contributed by atoms with van der Waals surface area (Å²) in [5.74, 6) is -0.862. The standard InChI is InChI=1S/C22H28N2O3/c1-13-11-15(3)19(12-14(13)2)16(4)23-20(25)9-10-24-21(26)17-7-5-6-8-18(17)22(24)27/h5-6,11-12,16-18H,7-10H2,1-4H3,(H,23,25)/t16?,17-,18+. The van der Waals surface area contributed by atoms with Gasteiger partial charge >= 0.3 is 0 Å². The number of hydrogen-bond donors (Lipinski definition) is 1. The zero-order valence-electron chi connectivity index (χ0n) is 16.5. The Kier molecular flexibility index (Phi) is 5.49. The molecule has 0 aromatic heterocycles. The Hall–Kier alpha value is -2.43. The van der Waals surface area contributed by atoms with Crippen LogP contribution < -0.4 is 5.32 Å². The number of rotatable bonds is 5. The van der Waals surface area contributed by atoms with Gasteiger partial charge in [0, 0.05) is 13.0 Å². The second-order valence-corrected chi connectivity index (χ2v) is 7.82. The highest BCUT2D eigenvalue weighted by Crippen LogP contribution is 2.35. The molecule has 1 aliphatic heterocycles. The van der Waals surface area contributed by atoms with E-state index in [1.807, 2.05) is 26.0 Å². The van der Waals surface area contributed by atoms with Crippen molar-refractivity contribution < 1.29 is 14.4 Å². The van der Waals surface area contributed by atoms with E-state index in [9.17, 15) is 14.4 Å². The highest BCUT2D eigenvalue weighted by atomic mass is 16.2. The lowest BCUT2D eigenvalue weighted by Crippen LogP contribution is -2.36. The van der Waals surface area contributed by atoms with Crippen molar-refractivity contribution in [3.8, 4) is 0 Å². The van der Waals surface area contributed by atoms with E-state index < -0.39 is 0 Å². The Morgan fingerprint density at radius 2 is 1.59 bits per heavy atom. The van der Waals surface area contributed by atoms with Crippen molar-refractivity contribution in [2.75, 3.05) is 6.54 Å². The summed E-state index contributed by atoms with van der Waals surface area (Å²) in [7, 11) is 0. The number of carbonyl (C=O) groups excluding carboxylic acids is 3. The van der Waals surface area contributed by atoms with Crippen LogP contribution in [0.15, 0.2) is 24.3 Å². The fourth-order valence-electron chi connectivity index (χ4n) is 4.14. The van der Waals surface area contributed by atoms with Crippen molar-refractivity contribution in [3.05, 3.63) is 46.5 Å². The molecule has 144 valence electrons. The minimum absolute atomic E-state index is 0.117. The molecule has 1 saturated heterocycles. The van der Waals surface area contributed by atoms with Gasteiger partial charge in [-0.25, -0.2) is 0 Å². The molecular weight excluding hydrogens is 340 g/mol. The molecule has 1 aromatic carbocycles. The SMILES string of the molecule is Cc1cc(C)c(C(C)NC(=O)CCN2C(=O)[C@H]3CC=CC[C@H]3C2=O)cc1C. The number of carbonyl (C=O) groups is 3. The van der Waals surface area contributed by atoms with Gasteiger partial charge in [0.05, 0.1) is 17.9 Å². The number of nitrogens with one attached hydrogen (secondary N) is 1. The second kappa shape index (κ2) is 7.67. The van der Waals surface area contributed by atoms with Crippen LogP contribution in [0.5, 0.6) is 0 Å². The summed E-state index contributed by atoms with van der Waals surface area (Å²) >= 11 is 0. The van der Waals surface area contributed by atoms with E-state index in [2.05, 4.69) is 31.3 Å². The summed E-state index contributed by atoms with van der Waals surface area (Å²) in [6, 6.07) is 4.12. The van der Waals surface area contributed by atoms with Gasteiger partial charge in [0.1, 0.15) is 0 Å². The van der Waals surface area contributed by atoms with Gasteiger partial charge in [-0.3, -0.25) is 19.3 Å². The Labute approximate surface area is 160 Å². The van der Waals surface area contributed by atoms with Crippen LogP contribution in [-0.4, -0.2) is 29.2 Å². The molecular formula is C22H28N2O3. The van der Waals surface area contributed by atoms with Crippen LogP contribution in [0.1, 0.15) is 54.5 Å². The largest absolute Gasteiger partial charge is 0.350 e. The lowest BCUT2D eigenvalue weighted by molar-refractivity contribution is -0.140. The van der Waals surface area contributed by atoms with Crippen molar-refractivity contribution in [2.45, 2.75) is 53.0 Å². The van der Waals surface area contributed by atoms with Crippen molar-refractivity contribution in [2.24, 2.45) is 11.8 Å². The molecule has 2 aliphatic rings. The summed E-state index contributed by atoms with van der Waals surface area (Å²) in [6.45, 7) is 8.30. The molecule has 0 bridgehead atoms. The molecule has 5 nitrogen and oxygen atoms in total. The zero-order chi connectivity index (χ0) is 19.7. The number of aryl methyl sites for hydroxylation is 3. The van der Waals surface area contributed by atoms with Gasteiger partial charge in [0.2, 0.25) is 17.7 Å². The van der Waals surface area contributed by atoms with E-state index in [0.29, 0.717) is 12.8 Å². The number of hydrogen-bond acceptors (Lipinski definition) is 3. The Morgan fingerprint density at radius 1 is 1.04 bits per heavy atom. The van der Waals surface area contributed by atoms with E-state index in [0.717, 1.165) is 11.1 Å². The summed E-state index contributed by atoms with van der Waals surface area (Å²) in [6.07, 6.45) is 5.33. The number of benzene rings is 1. The molecule has 3 atom stereocenters. The van der Waals surface area contributed by atoms with Crippen LogP contribution in [0.2, 0.25) is 0 Å². The smallest absolute Gasteiger partial charge is 0.233 e. The number of likely N-dealkylation sites (tertiary alicyclic amines) is 1. The molecule has 1 aliphatic carbocycles. The van der Waals surface area contributed by atoms with Crippen LogP contribution >= 0.6 is 0 Å². The Bertz CT molecular complexity index is 786. The molecule has 5 heteroatoms. The predicted molar refractivity (Wildman–Crippen MR) is 104 cm³/mol. The summed E-state index contributed by atoms with van der Waals surface area (Å²) in [5, 5.41) is 3.00. The maximum Gasteiger partial charge on any atom is 0.233 e. The third kappa shape index (κ3) is 3.82. The van der Waals surface area contributed by atoms with Gasteiger partial charge in [0.15, 0.2) is 0 Å². The number of fused-ring (bicyclic) bond motifs is 1. The molecule has 0 saturated carbocycles. The van der Waals surface area contributed by atoms with E-state index in [1.165, 1.54) is 16.0 Å². The van der Waals surface area contributed by atoms with Crippen LogP contribution in [-0.2, 0) is 14.4 Å². The highest BCUT2D eigenvalue weighted by Gasteiger charge is 2.46. The first kappa shape index (κ1) is 19.3. The fourth-order valence-corrected chi connectivity index (χ4v) is 4.14. The van der Waals surface area contributed by atoms with Crippen molar-refractivity contribution in [3.63, 3.8) is 0 Å². The zero-order valence-corrected chi connectivity index (χ0v) is 16.5. The summed E-state index contributed by atoms with van der Waals surface area (Å²) < 4.78 is 0. The predicted octanol–water partition coefficient (Wildman–Crippen LogP) is 3.13. The van der Waals surface area contributed by atoms with Gasteiger partial charge in [-0.1, -0.05) is 24.3 Å². The second-order valence-electron chi connectivity index (χ2n) is 7.82. The van der Waals surface area contributed by atoms with Gasteiger partial charge in [0.25, 0.3) is 0 Å². The topological polar surface area (TPSA) is 66.5 Å². The van der Waals surface area contributed by atoms with Crippen LogP contribution in [0, 0.1) is 32.6 Å². The number of nitrogens with zero attached hydrogens (tertiary/aromatic N) is 1. The van der Waals surface area contributed by atoms with Gasteiger partial charge in [-0.15, -0.1) is 0 Å². The lowest BCUT2D eigenvalue weighted by Gasteiger charge is -2.19. The van der Waals surface area contributed by atoms with Crippen molar-refractivity contribution in [1.82, 2.24) is 10.2 Å². The quantitative estimate of drug-likeness (QED) is 0.641. The monoisotopic (exact) mass is 368 g/mol. The molecule has 3 rings (SSSR count). The molecule has 27 heavy (non-hydrogen) atoms. The highest BCUT2D eigenvalue weighted by molar-refractivity contribution is 6.05. The Morgan fingerprint density at radius 3 is 2.19 bits per heavy atom. The normalized spacial score (nSPS) is 22.7. The average Bonchev–Trinajstić information content (AvgIpc) is 2.87. The molecule has 1 heterocycles. The van der Waals surface area contributed by atoms with Crippen molar-refractivity contribution >= 4 is 17.7 Å². The van der Waals surface area contributed by atoms with Crippen LogP contribution in [0.4, 0.5) is 0 Å². The first-order chi connectivity index (χ1) is 12.8. The van der Waals surface area contributed by atoms with E-state index in [4.69, 9.17) is 0 Å². The average molecular weight is 368 g/mol. The van der Waals surface area contributed by atoms with Crippen LogP contribution in [0.25, 0.3) is 0 Å². The molecule has 1 fully saturated rings. The van der Waals surface area contributed by atoms with E-state index in [-0.39, 0.29) is 48.6 Å². The van der Waals surface area contributed by atoms with E-state index >= 15 is 0 Å². The third-order valence-electron chi connectivity index (χ3n) is 5.89. The summed E-state index contributed by atoms with van der Waals surface area (Å²) in [5.41, 5.74) is 4.67. The molecule has 0 spiro atoms. The Balaban J connectivity index is 1.58. The third-order valence-corrected chi connectivity index (χ3v) is 5.89. The molecule has 1 unspecified atom stereocenters. The lowest BCUT2D eigenvalue weighted by atomic mass is 9.85.